The van der Waals surface area contributed by atoms with Crippen LogP contribution in [-0.2, 0) is 26.7 Å². The summed E-state index contributed by atoms with van der Waals surface area (Å²) < 4.78 is 59.5. The third-order valence-electron chi connectivity index (χ3n) is 9.32. The van der Waals surface area contributed by atoms with E-state index in [0.29, 0.717) is 63.2 Å². The largest absolute Gasteiger partial charge is 0.432 e. The molecule has 0 aromatic carbocycles. The van der Waals surface area contributed by atoms with Crippen molar-refractivity contribution in [1.82, 2.24) is 38.6 Å². The van der Waals surface area contributed by atoms with Crippen LogP contribution < -0.4 is 26.0 Å². The van der Waals surface area contributed by atoms with E-state index in [1.165, 1.54) is 13.4 Å². The average molecular weight is 707 g/mol. The molecule has 0 spiro atoms. The van der Waals surface area contributed by atoms with Crippen LogP contribution in [0.4, 0.5) is 20.5 Å². The Labute approximate surface area is 281 Å². The minimum absolute atomic E-state index is 0.0430. The standard InChI is InChI=1S/C30H40F2N10O6S/c1-19-16-23-26(38(2)30(45)42(23)22-4-5-24(43)36-27(22)44)37-25(19)40-13-11-39(12-14-40)8-3-15-49(46,47)41-9-6-20(7-10-41)35-29-33-17-21(18-34-29)48-28(31)32/h16-18,20,22,28H,3-15H2,1-2H3,(H,33,34,35)(H,36,43,44). The van der Waals surface area contributed by atoms with Crippen LogP contribution in [-0.4, -0.2) is 118 Å². The van der Waals surface area contributed by atoms with Gasteiger partial charge in [0.1, 0.15) is 11.9 Å². The van der Waals surface area contributed by atoms with Gasteiger partial charge in [0, 0.05) is 58.8 Å². The maximum absolute atomic E-state index is 13.2. The third-order valence-corrected chi connectivity index (χ3v) is 11.3. The molecule has 6 rings (SSSR count). The Morgan fingerprint density at radius 2 is 1.73 bits per heavy atom. The number of sulfonamides is 1. The Hall–Kier alpha value is -4.23. The number of pyridine rings is 1. The minimum atomic E-state index is -3.43. The number of hydrogen-bond acceptors (Lipinski definition) is 12. The van der Waals surface area contributed by atoms with E-state index < -0.39 is 28.6 Å². The predicted octanol–water partition coefficient (Wildman–Crippen LogP) is 0.831. The van der Waals surface area contributed by atoms with Crippen molar-refractivity contribution in [2.75, 3.05) is 61.8 Å². The lowest BCUT2D eigenvalue weighted by atomic mass is 10.1. The van der Waals surface area contributed by atoms with Gasteiger partial charge >= 0.3 is 12.3 Å². The number of aromatic nitrogens is 5. The van der Waals surface area contributed by atoms with E-state index in [2.05, 4.69) is 35.1 Å². The third kappa shape index (κ3) is 7.67. The summed E-state index contributed by atoms with van der Waals surface area (Å²) in [5.74, 6) is 0.106. The van der Waals surface area contributed by atoms with Gasteiger partial charge in [0.05, 0.1) is 23.7 Å². The molecular weight excluding hydrogens is 666 g/mol. The molecular formula is C30H40F2N10O6S. The van der Waals surface area contributed by atoms with Gasteiger partial charge < -0.3 is 15.0 Å². The Balaban J connectivity index is 0.973. The zero-order chi connectivity index (χ0) is 34.9. The van der Waals surface area contributed by atoms with Gasteiger partial charge in [0.25, 0.3) is 0 Å². The first-order chi connectivity index (χ1) is 23.4. The predicted molar refractivity (Wildman–Crippen MR) is 175 cm³/mol. The highest BCUT2D eigenvalue weighted by molar-refractivity contribution is 7.89. The molecule has 6 heterocycles. The first-order valence-corrected chi connectivity index (χ1v) is 17.9. The van der Waals surface area contributed by atoms with Gasteiger partial charge in [0.2, 0.25) is 27.8 Å². The topological polar surface area (TPSA) is 177 Å². The number of piperazine rings is 1. The number of imidazole rings is 1. The lowest BCUT2D eigenvalue weighted by Gasteiger charge is -2.36. The van der Waals surface area contributed by atoms with Gasteiger partial charge in [-0.1, -0.05) is 0 Å². The molecule has 3 aliphatic heterocycles. The summed E-state index contributed by atoms with van der Waals surface area (Å²) in [4.78, 5) is 54.6. The quantitative estimate of drug-likeness (QED) is 0.269. The van der Waals surface area contributed by atoms with E-state index >= 15 is 0 Å². The summed E-state index contributed by atoms with van der Waals surface area (Å²) in [6.07, 6.45) is 4.37. The van der Waals surface area contributed by atoms with Crippen LogP contribution in [0.3, 0.4) is 0 Å². The van der Waals surface area contributed by atoms with Gasteiger partial charge in [-0.3, -0.25) is 28.9 Å². The van der Waals surface area contributed by atoms with Crippen molar-refractivity contribution in [3.05, 3.63) is 34.5 Å². The number of imide groups is 1. The van der Waals surface area contributed by atoms with Crippen LogP contribution in [0.1, 0.15) is 43.7 Å². The van der Waals surface area contributed by atoms with Gasteiger partial charge in [-0.15, -0.1) is 0 Å². The molecule has 2 N–H and O–H groups in total. The number of amides is 2. The zero-order valence-electron chi connectivity index (χ0n) is 27.3. The van der Waals surface area contributed by atoms with Gasteiger partial charge in [-0.25, -0.2) is 32.5 Å². The second-order valence-electron chi connectivity index (χ2n) is 12.6. The fourth-order valence-corrected chi connectivity index (χ4v) is 8.23. The minimum Gasteiger partial charge on any atom is -0.432 e. The lowest BCUT2D eigenvalue weighted by molar-refractivity contribution is -0.135. The fourth-order valence-electron chi connectivity index (χ4n) is 6.71. The molecule has 49 heavy (non-hydrogen) atoms. The van der Waals surface area contributed by atoms with E-state index in [1.54, 1.807) is 7.05 Å². The number of ether oxygens (including phenoxy) is 1. The Morgan fingerprint density at radius 3 is 2.39 bits per heavy atom. The van der Waals surface area contributed by atoms with Crippen LogP contribution >= 0.6 is 0 Å². The fraction of sp³-hybridized carbons (Fsp3) is 0.600. The van der Waals surface area contributed by atoms with Crippen LogP contribution in [0, 0.1) is 6.92 Å². The SMILES string of the molecule is Cc1cc2c(nc1N1CCN(CCCS(=O)(=O)N3CCC(Nc4ncc(OC(F)F)cn4)CC3)CC1)n(C)c(=O)n2C1CCC(=O)NC1=O. The molecule has 266 valence electrons. The molecule has 0 saturated carbocycles. The van der Waals surface area contributed by atoms with Crippen molar-refractivity contribution < 1.29 is 31.5 Å². The molecule has 3 fully saturated rings. The molecule has 3 aromatic rings. The summed E-state index contributed by atoms with van der Waals surface area (Å²) in [5, 5.41) is 5.45. The number of rotatable bonds is 11. The molecule has 16 nitrogen and oxygen atoms in total. The number of piperidine rings is 2. The molecule has 2 amide bonds. The summed E-state index contributed by atoms with van der Waals surface area (Å²) in [7, 11) is -1.81. The van der Waals surface area contributed by atoms with Crippen molar-refractivity contribution in [1.29, 1.82) is 0 Å². The van der Waals surface area contributed by atoms with Crippen molar-refractivity contribution in [2.45, 2.75) is 57.7 Å². The van der Waals surface area contributed by atoms with Gasteiger partial charge in [0.15, 0.2) is 11.4 Å². The normalized spacial score (nSPS) is 20.3. The molecule has 1 unspecified atom stereocenters. The van der Waals surface area contributed by atoms with E-state index in [1.807, 2.05) is 13.0 Å². The number of fused-ring (bicyclic) bond motifs is 1. The van der Waals surface area contributed by atoms with Crippen molar-refractivity contribution in [2.24, 2.45) is 7.05 Å². The summed E-state index contributed by atoms with van der Waals surface area (Å²) >= 11 is 0. The second kappa shape index (κ2) is 14.3. The van der Waals surface area contributed by atoms with Crippen LogP contribution in [0.15, 0.2) is 23.3 Å². The number of anilines is 2. The van der Waals surface area contributed by atoms with Crippen LogP contribution in [0.25, 0.3) is 11.2 Å². The van der Waals surface area contributed by atoms with E-state index in [-0.39, 0.29) is 47.9 Å². The Bertz CT molecular complexity index is 1850. The molecule has 0 aliphatic carbocycles. The number of alkyl halides is 2. The molecule has 3 saturated heterocycles. The number of halogens is 2. The van der Waals surface area contributed by atoms with E-state index in [0.717, 1.165) is 36.9 Å². The van der Waals surface area contributed by atoms with Crippen LogP contribution in [0.5, 0.6) is 5.75 Å². The van der Waals surface area contributed by atoms with Gasteiger partial charge in [-0.05, 0) is 50.8 Å². The Kier molecular flexibility index (Phi) is 10.1. The smallest absolute Gasteiger partial charge is 0.387 e. The first-order valence-electron chi connectivity index (χ1n) is 16.3. The molecule has 3 aromatic heterocycles. The molecule has 19 heteroatoms. The molecule has 0 radical (unpaired) electrons. The van der Waals surface area contributed by atoms with E-state index in [9.17, 15) is 31.6 Å². The molecule has 0 bridgehead atoms. The highest BCUT2D eigenvalue weighted by Gasteiger charge is 2.33. The highest BCUT2D eigenvalue weighted by Crippen LogP contribution is 2.27. The van der Waals surface area contributed by atoms with Crippen molar-refractivity contribution in [3.8, 4) is 5.75 Å². The maximum atomic E-state index is 13.2. The van der Waals surface area contributed by atoms with Crippen molar-refractivity contribution in [3.63, 3.8) is 0 Å². The number of carbonyl (C=O) groups is 2. The van der Waals surface area contributed by atoms with Crippen molar-refractivity contribution >= 4 is 44.8 Å². The first kappa shape index (κ1) is 34.6. The highest BCUT2D eigenvalue weighted by atomic mass is 32.2. The number of nitrogens with zero attached hydrogens (tertiary/aromatic N) is 8. The van der Waals surface area contributed by atoms with E-state index in [4.69, 9.17) is 4.98 Å². The number of nitrogens with one attached hydrogen (secondary N) is 2. The zero-order valence-corrected chi connectivity index (χ0v) is 28.2. The molecule has 1 atom stereocenters. The number of aryl methyl sites for hydroxylation is 2. The summed E-state index contributed by atoms with van der Waals surface area (Å²) in [6.45, 7) is 3.15. The summed E-state index contributed by atoms with van der Waals surface area (Å²) in [6, 6.07) is 1.05. The average Bonchev–Trinajstić information content (AvgIpc) is 3.30. The van der Waals surface area contributed by atoms with Gasteiger partial charge in [-0.2, -0.15) is 8.78 Å². The molecule has 3 aliphatic rings. The maximum Gasteiger partial charge on any atom is 0.387 e. The second-order valence-corrected chi connectivity index (χ2v) is 14.7. The number of carbonyl (C=O) groups excluding carboxylic acids is 2. The summed E-state index contributed by atoms with van der Waals surface area (Å²) in [5.41, 5.74) is 1.51. The van der Waals surface area contributed by atoms with Crippen LogP contribution in [0.2, 0.25) is 0 Å². The lowest BCUT2D eigenvalue weighted by Crippen LogP contribution is -2.47. The Morgan fingerprint density at radius 1 is 1.04 bits per heavy atom. The monoisotopic (exact) mass is 706 g/mol. The number of hydrogen-bond donors (Lipinski definition) is 2.